The number of urea groups is 1. The fourth-order valence-corrected chi connectivity index (χ4v) is 1.84. The van der Waals surface area contributed by atoms with E-state index in [1.807, 2.05) is 25.1 Å². The summed E-state index contributed by atoms with van der Waals surface area (Å²) in [6.45, 7) is 2.34. The molecule has 120 valence electrons. The normalized spacial score (nSPS) is 9.96. The number of amides is 3. The molecule has 6 heteroatoms. The van der Waals surface area contributed by atoms with Crippen LogP contribution in [0.5, 0.6) is 0 Å². The van der Waals surface area contributed by atoms with Gasteiger partial charge in [-0.2, -0.15) is 0 Å². The van der Waals surface area contributed by atoms with Gasteiger partial charge in [0.15, 0.2) is 0 Å². The van der Waals surface area contributed by atoms with Crippen molar-refractivity contribution in [2.75, 3.05) is 29.2 Å². The minimum Gasteiger partial charge on any atom is -0.372 e. The Balaban J connectivity index is 1.84. The third-order valence-corrected chi connectivity index (χ3v) is 2.90. The van der Waals surface area contributed by atoms with Crippen molar-refractivity contribution in [3.63, 3.8) is 0 Å². The maximum Gasteiger partial charge on any atom is 0.323 e. The zero-order chi connectivity index (χ0) is 16.5. The molecule has 0 saturated carbocycles. The number of benzene rings is 2. The first-order chi connectivity index (χ1) is 11.2. The number of hydrogen-bond acceptors (Lipinski definition) is 3. The van der Waals surface area contributed by atoms with Crippen molar-refractivity contribution in [3.05, 3.63) is 54.6 Å². The third kappa shape index (κ3) is 5.80. The van der Waals surface area contributed by atoms with Crippen LogP contribution in [0.1, 0.15) is 6.92 Å². The van der Waals surface area contributed by atoms with Crippen molar-refractivity contribution in [3.8, 4) is 0 Å². The Labute approximate surface area is 134 Å². The summed E-state index contributed by atoms with van der Waals surface area (Å²) in [5.74, 6) is -0.214. The number of carbonyl (C=O) groups excluding carboxylic acids is 2. The third-order valence-electron chi connectivity index (χ3n) is 2.90. The Kier molecular flexibility index (Phi) is 6.14. The van der Waals surface area contributed by atoms with Crippen LogP contribution in [0.25, 0.3) is 0 Å². The van der Waals surface area contributed by atoms with Gasteiger partial charge < -0.3 is 20.7 Å². The number of carbonyl (C=O) groups is 2. The molecule has 0 spiro atoms. The molecule has 0 aliphatic heterocycles. The van der Waals surface area contributed by atoms with E-state index in [9.17, 15) is 9.59 Å². The van der Waals surface area contributed by atoms with Gasteiger partial charge in [0.05, 0.1) is 0 Å². The van der Waals surface area contributed by atoms with Crippen LogP contribution in [0.15, 0.2) is 54.6 Å². The molecule has 0 saturated heterocycles. The van der Waals surface area contributed by atoms with Crippen LogP contribution in [0.4, 0.5) is 21.9 Å². The molecule has 2 rings (SSSR count). The first kappa shape index (κ1) is 16.5. The summed E-state index contributed by atoms with van der Waals surface area (Å²) in [5.41, 5.74) is 1.98. The Morgan fingerprint density at radius 1 is 0.826 bits per heavy atom. The molecule has 0 heterocycles. The number of ether oxygens (including phenoxy) is 1. The maximum absolute atomic E-state index is 11.9. The lowest BCUT2D eigenvalue weighted by Gasteiger charge is -2.09. The SMILES string of the molecule is CCOCC(=O)Nc1ccc(NC(=O)Nc2ccccc2)cc1. The monoisotopic (exact) mass is 313 g/mol. The summed E-state index contributed by atoms with van der Waals surface area (Å²) in [6.07, 6.45) is 0. The van der Waals surface area contributed by atoms with Gasteiger partial charge >= 0.3 is 6.03 Å². The maximum atomic E-state index is 11.9. The highest BCUT2D eigenvalue weighted by Gasteiger charge is 2.04. The van der Waals surface area contributed by atoms with Gasteiger partial charge in [-0.05, 0) is 43.3 Å². The Hall–Kier alpha value is -2.86. The van der Waals surface area contributed by atoms with Gasteiger partial charge in [-0.1, -0.05) is 18.2 Å². The average molecular weight is 313 g/mol. The highest BCUT2D eigenvalue weighted by Crippen LogP contribution is 2.14. The minimum atomic E-state index is -0.329. The van der Waals surface area contributed by atoms with Gasteiger partial charge in [-0.25, -0.2) is 4.79 Å². The molecule has 0 bridgehead atoms. The quantitative estimate of drug-likeness (QED) is 0.765. The molecule has 6 nitrogen and oxygen atoms in total. The van der Waals surface area contributed by atoms with Gasteiger partial charge in [0.1, 0.15) is 6.61 Å². The predicted octanol–water partition coefficient (Wildman–Crippen LogP) is 3.31. The lowest BCUT2D eigenvalue weighted by Crippen LogP contribution is -2.20. The van der Waals surface area contributed by atoms with Crippen LogP contribution in [0.3, 0.4) is 0 Å². The smallest absolute Gasteiger partial charge is 0.323 e. The van der Waals surface area contributed by atoms with Gasteiger partial charge in [-0.15, -0.1) is 0 Å². The van der Waals surface area contributed by atoms with E-state index >= 15 is 0 Å². The molecule has 0 unspecified atom stereocenters. The molecule has 0 atom stereocenters. The highest BCUT2D eigenvalue weighted by molar-refractivity contribution is 6.00. The zero-order valence-electron chi connectivity index (χ0n) is 12.8. The van der Waals surface area contributed by atoms with E-state index in [-0.39, 0.29) is 18.5 Å². The fraction of sp³-hybridized carbons (Fsp3) is 0.176. The molecule has 23 heavy (non-hydrogen) atoms. The zero-order valence-corrected chi connectivity index (χ0v) is 12.8. The molecular weight excluding hydrogens is 294 g/mol. The number of para-hydroxylation sites is 1. The van der Waals surface area contributed by atoms with E-state index in [1.54, 1.807) is 36.4 Å². The largest absolute Gasteiger partial charge is 0.372 e. The number of rotatable bonds is 6. The van der Waals surface area contributed by atoms with Gasteiger partial charge in [0, 0.05) is 23.7 Å². The van der Waals surface area contributed by atoms with E-state index in [0.29, 0.717) is 23.7 Å². The number of hydrogen-bond donors (Lipinski definition) is 3. The highest BCUT2D eigenvalue weighted by atomic mass is 16.5. The van der Waals surface area contributed by atoms with Gasteiger partial charge in [-0.3, -0.25) is 4.79 Å². The molecule has 0 aliphatic rings. The van der Waals surface area contributed by atoms with Crippen molar-refractivity contribution < 1.29 is 14.3 Å². The topological polar surface area (TPSA) is 79.5 Å². The number of anilines is 3. The van der Waals surface area contributed by atoms with E-state index in [1.165, 1.54) is 0 Å². The summed E-state index contributed by atoms with van der Waals surface area (Å²) < 4.78 is 5.02. The summed E-state index contributed by atoms with van der Waals surface area (Å²) in [5, 5.41) is 8.15. The van der Waals surface area contributed by atoms with Crippen molar-refractivity contribution in [1.29, 1.82) is 0 Å². The standard InChI is InChI=1S/C17H19N3O3/c1-2-23-12-16(21)18-14-8-10-15(11-9-14)20-17(22)19-13-6-4-3-5-7-13/h3-11H,2,12H2,1H3,(H,18,21)(H2,19,20,22). The van der Waals surface area contributed by atoms with Crippen LogP contribution in [-0.2, 0) is 9.53 Å². The Bertz CT molecular complexity index is 642. The second-order valence-electron chi connectivity index (χ2n) is 4.71. The molecule has 0 aliphatic carbocycles. The predicted molar refractivity (Wildman–Crippen MR) is 90.6 cm³/mol. The minimum absolute atomic E-state index is 0.0238. The lowest BCUT2D eigenvalue weighted by atomic mass is 10.3. The molecule has 3 N–H and O–H groups in total. The van der Waals surface area contributed by atoms with Crippen LogP contribution in [0, 0.1) is 0 Å². The molecule has 0 fully saturated rings. The lowest BCUT2D eigenvalue weighted by molar-refractivity contribution is -0.120. The van der Waals surface area contributed by atoms with Crippen molar-refractivity contribution in [2.24, 2.45) is 0 Å². The van der Waals surface area contributed by atoms with Crippen LogP contribution in [-0.4, -0.2) is 25.2 Å². The molecular formula is C17H19N3O3. The van der Waals surface area contributed by atoms with Crippen molar-refractivity contribution >= 4 is 29.0 Å². The molecule has 0 aromatic heterocycles. The van der Waals surface area contributed by atoms with Crippen LogP contribution in [0.2, 0.25) is 0 Å². The first-order valence-electron chi connectivity index (χ1n) is 7.28. The molecule has 2 aromatic rings. The van der Waals surface area contributed by atoms with Crippen LogP contribution < -0.4 is 16.0 Å². The van der Waals surface area contributed by atoms with Crippen LogP contribution >= 0.6 is 0 Å². The second kappa shape index (κ2) is 8.55. The van der Waals surface area contributed by atoms with Gasteiger partial charge in [0.2, 0.25) is 5.91 Å². The fourth-order valence-electron chi connectivity index (χ4n) is 1.84. The molecule has 2 aromatic carbocycles. The Morgan fingerprint density at radius 3 is 1.91 bits per heavy atom. The molecule has 3 amide bonds. The average Bonchev–Trinajstić information content (AvgIpc) is 2.55. The summed E-state index contributed by atoms with van der Waals surface area (Å²) in [4.78, 5) is 23.4. The summed E-state index contributed by atoms with van der Waals surface area (Å²) in [6, 6.07) is 15.7. The van der Waals surface area contributed by atoms with E-state index in [2.05, 4.69) is 16.0 Å². The van der Waals surface area contributed by atoms with E-state index < -0.39 is 0 Å². The second-order valence-corrected chi connectivity index (χ2v) is 4.71. The van der Waals surface area contributed by atoms with Gasteiger partial charge in [0.25, 0.3) is 0 Å². The summed E-state index contributed by atoms with van der Waals surface area (Å²) in [7, 11) is 0. The van der Waals surface area contributed by atoms with E-state index in [0.717, 1.165) is 0 Å². The summed E-state index contributed by atoms with van der Waals surface area (Å²) >= 11 is 0. The number of nitrogens with one attached hydrogen (secondary N) is 3. The van der Waals surface area contributed by atoms with Crippen molar-refractivity contribution in [1.82, 2.24) is 0 Å². The molecule has 0 radical (unpaired) electrons. The Morgan fingerprint density at radius 2 is 1.35 bits per heavy atom. The van der Waals surface area contributed by atoms with Crippen molar-refractivity contribution in [2.45, 2.75) is 6.92 Å². The first-order valence-corrected chi connectivity index (χ1v) is 7.28. The van der Waals surface area contributed by atoms with E-state index in [4.69, 9.17) is 4.74 Å².